The number of nitrogens with two attached hydrogens (primary N) is 1. The number of anilines is 1. The molecule has 0 fully saturated rings. The maximum Gasteiger partial charge on any atom is 0.411 e. The number of nitrogen functional groups attached to an aromatic ring is 1. The number of rotatable bonds is 5. The zero-order valence-electron chi connectivity index (χ0n) is 9.38. The van der Waals surface area contributed by atoms with E-state index in [1.165, 1.54) is 0 Å². The van der Waals surface area contributed by atoms with Crippen LogP contribution < -0.4 is 10.5 Å². The van der Waals surface area contributed by atoms with Gasteiger partial charge in [-0.2, -0.15) is 13.2 Å². The van der Waals surface area contributed by atoms with Gasteiger partial charge in [0.05, 0.1) is 6.61 Å². The molecule has 3 nitrogen and oxygen atoms in total. The number of alkyl halides is 3. The zero-order valence-corrected chi connectivity index (χ0v) is 9.38. The number of benzene rings is 1. The third-order valence-corrected chi connectivity index (χ3v) is 2.08. The first-order valence-corrected chi connectivity index (χ1v) is 5.02. The van der Waals surface area contributed by atoms with Crippen molar-refractivity contribution in [3.63, 3.8) is 0 Å². The van der Waals surface area contributed by atoms with Gasteiger partial charge in [-0.15, -0.1) is 0 Å². The van der Waals surface area contributed by atoms with Crippen LogP contribution in [-0.4, -0.2) is 26.0 Å². The largest absolute Gasteiger partial charge is 0.491 e. The van der Waals surface area contributed by atoms with Crippen LogP contribution in [0.15, 0.2) is 18.2 Å². The summed E-state index contributed by atoms with van der Waals surface area (Å²) in [7, 11) is 0. The lowest BCUT2D eigenvalue weighted by Crippen LogP contribution is -2.19. The van der Waals surface area contributed by atoms with Crippen molar-refractivity contribution in [1.29, 1.82) is 0 Å². The molecule has 0 heterocycles. The minimum atomic E-state index is -4.30. The molecule has 1 aromatic rings. The van der Waals surface area contributed by atoms with Gasteiger partial charge in [0, 0.05) is 11.3 Å². The Labute approximate surface area is 97.3 Å². The molecule has 0 spiro atoms. The minimum Gasteiger partial charge on any atom is -0.491 e. The number of hydrogen-bond donors (Lipinski definition) is 1. The summed E-state index contributed by atoms with van der Waals surface area (Å²) in [5, 5.41) is 0. The van der Waals surface area contributed by atoms with E-state index in [0.29, 0.717) is 11.4 Å². The van der Waals surface area contributed by atoms with E-state index >= 15 is 0 Å². The molecular formula is C11H14F3NO2. The van der Waals surface area contributed by atoms with Crippen LogP contribution in [0.4, 0.5) is 18.9 Å². The molecule has 17 heavy (non-hydrogen) atoms. The van der Waals surface area contributed by atoms with Gasteiger partial charge in [0.15, 0.2) is 0 Å². The van der Waals surface area contributed by atoms with Crippen LogP contribution in [0, 0.1) is 6.92 Å². The number of halogens is 3. The summed E-state index contributed by atoms with van der Waals surface area (Å²) in [6, 6.07) is 5.14. The van der Waals surface area contributed by atoms with Gasteiger partial charge in [0.1, 0.15) is 19.0 Å². The van der Waals surface area contributed by atoms with Crippen LogP contribution in [0.5, 0.6) is 5.75 Å². The monoisotopic (exact) mass is 249 g/mol. The average Bonchev–Trinajstić information content (AvgIpc) is 2.22. The first-order valence-electron chi connectivity index (χ1n) is 5.02. The molecule has 1 aromatic carbocycles. The topological polar surface area (TPSA) is 44.5 Å². The molecule has 0 radical (unpaired) electrons. The summed E-state index contributed by atoms with van der Waals surface area (Å²) in [4.78, 5) is 0. The van der Waals surface area contributed by atoms with Gasteiger partial charge in [0.2, 0.25) is 0 Å². The second-order valence-electron chi connectivity index (χ2n) is 3.49. The SMILES string of the molecule is Cc1c(N)cccc1OCCOCC(F)(F)F. The van der Waals surface area contributed by atoms with Crippen molar-refractivity contribution in [2.45, 2.75) is 13.1 Å². The van der Waals surface area contributed by atoms with Crippen molar-refractivity contribution in [2.24, 2.45) is 0 Å². The molecule has 1 rings (SSSR count). The molecule has 96 valence electrons. The van der Waals surface area contributed by atoms with Crippen molar-refractivity contribution in [2.75, 3.05) is 25.6 Å². The highest BCUT2D eigenvalue weighted by atomic mass is 19.4. The minimum absolute atomic E-state index is 0.0559. The maximum atomic E-state index is 11.7. The third-order valence-electron chi connectivity index (χ3n) is 2.08. The zero-order chi connectivity index (χ0) is 12.9. The van der Waals surface area contributed by atoms with Gasteiger partial charge in [-0.25, -0.2) is 0 Å². The van der Waals surface area contributed by atoms with Gasteiger partial charge in [-0.05, 0) is 19.1 Å². The number of hydrogen-bond acceptors (Lipinski definition) is 3. The van der Waals surface area contributed by atoms with Crippen LogP contribution in [0.25, 0.3) is 0 Å². The molecule has 2 N–H and O–H groups in total. The molecular weight excluding hydrogens is 235 g/mol. The molecule has 0 bridgehead atoms. The van der Waals surface area contributed by atoms with Crippen LogP contribution in [0.3, 0.4) is 0 Å². The van der Waals surface area contributed by atoms with E-state index < -0.39 is 12.8 Å². The van der Waals surface area contributed by atoms with E-state index in [4.69, 9.17) is 10.5 Å². The fraction of sp³-hybridized carbons (Fsp3) is 0.455. The first-order chi connectivity index (χ1) is 7.90. The quantitative estimate of drug-likeness (QED) is 0.644. The van der Waals surface area contributed by atoms with Crippen molar-refractivity contribution in [3.05, 3.63) is 23.8 Å². The predicted octanol–water partition coefficient (Wildman–Crippen LogP) is 2.53. The van der Waals surface area contributed by atoms with Crippen LogP contribution >= 0.6 is 0 Å². The molecule has 0 aromatic heterocycles. The van der Waals surface area contributed by atoms with Gasteiger partial charge in [-0.3, -0.25) is 0 Å². The summed E-state index contributed by atoms with van der Waals surface area (Å²) < 4.78 is 44.9. The Balaban J connectivity index is 2.29. The molecule has 0 saturated carbocycles. The fourth-order valence-corrected chi connectivity index (χ4v) is 1.19. The highest BCUT2D eigenvalue weighted by Gasteiger charge is 2.27. The Morgan fingerprint density at radius 1 is 1.24 bits per heavy atom. The molecule has 0 unspecified atom stereocenters. The molecule has 0 atom stereocenters. The molecule has 0 saturated heterocycles. The van der Waals surface area contributed by atoms with E-state index in [-0.39, 0.29) is 13.2 Å². The van der Waals surface area contributed by atoms with Crippen LogP contribution in [-0.2, 0) is 4.74 Å². The Hall–Kier alpha value is -1.43. The van der Waals surface area contributed by atoms with Crippen molar-refractivity contribution in [3.8, 4) is 5.75 Å². The molecule has 0 amide bonds. The van der Waals surface area contributed by atoms with E-state index in [2.05, 4.69) is 4.74 Å². The summed E-state index contributed by atoms with van der Waals surface area (Å²) in [5.41, 5.74) is 7.00. The lowest BCUT2D eigenvalue weighted by Gasteiger charge is -2.11. The normalized spacial score (nSPS) is 11.5. The smallest absolute Gasteiger partial charge is 0.411 e. The van der Waals surface area contributed by atoms with E-state index in [1.54, 1.807) is 25.1 Å². The Kier molecular flexibility index (Phi) is 4.62. The lowest BCUT2D eigenvalue weighted by molar-refractivity contribution is -0.175. The summed E-state index contributed by atoms with van der Waals surface area (Å²) >= 11 is 0. The Bertz CT molecular complexity index is 366. The van der Waals surface area contributed by atoms with Gasteiger partial charge in [-0.1, -0.05) is 6.07 Å². The number of ether oxygens (including phenoxy) is 2. The Morgan fingerprint density at radius 3 is 2.59 bits per heavy atom. The maximum absolute atomic E-state index is 11.7. The fourth-order valence-electron chi connectivity index (χ4n) is 1.19. The van der Waals surface area contributed by atoms with Crippen molar-refractivity contribution < 1.29 is 22.6 Å². The molecule has 0 aliphatic rings. The summed E-state index contributed by atoms with van der Waals surface area (Å²) in [5.74, 6) is 0.556. The highest BCUT2D eigenvalue weighted by molar-refractivity contribution is 5.53. The summed E-state index contributed by atoms with van der Waals surface area (Å²) in [6.07, 6.45) is -4.30. The van der Waals surface area contributed by atoms with Gasteiger partial charge < -0.3 is 15.2 Å². The van der Waals surface area contributed by atoms with Crippen molar-refractivity contribution >= 4 is 5.69 Å². The van der Waals surface area contributed by atoms with Crippen LogP contribution in [0.2, 0.25) is 0 Å². The van der Waals surface area contributed by atoms with E-state index in [1.807, 2.05) is 0 Å². The highest BCUT2D eigenvalue weighted by Crippen LogP contribution is 2.22. The molecule has 0 aliphatic heterocycles. The summed E-state index contributed by atoms with van der Waals surface area (Å²) in [6.45, 7) is 0.460. The Morgan fingerprint density at radius 2 is 1.94 bits per heavy atom. The van der Waals surface area contributed by atoms with Gasteiger partial charge in [0.25, 0.3) is 0 Å². The third kappa shape index (κ3) is 4.95. The molecule has 6 heteroatoms. The van der Waals surface area contributed by atoms with Crippen molar-refractivity contribution in [1.82, 2.24) is 0 Å². The average molecular weight is 249 g/mol. The lowest BCUT2D eigenvalue weighted by atomic mass is 10.2. The molecule has 0 aliphatic carbocycles. The predicted molar refractivity (Wildman–Crippen MR) is 58.0 cm³/mol. The van der Waals surface area contributed by atoms with E-state index in [9.17, 15) is 13.2 Å². The second kappa shape index (κ2) is 5.77. The first kappa shape index (κ1) is 13.6. The van der Waals surface area contributed by atoms with Gasteiger partial charge >= 0.3 is 6.18 Å². The van der Waals surface area contributed by atoms with Crippen LogP contribution in [0.1, 0.15) is 5.56 Å². The van der Waals surface area contributed by atoms with E-state index in [0.717, 1.165) is 5.56 Å². The second-order valence-corrected chi connectivity index (χ2v) is 3.49. The standard InChI is InChI=1S/C11H14F3NO2/c1-8-9(15)3-2-4-10(8)17-6-5-16-7-11(12,13)14/h2-4H,5-7,15H2,1H3.